The molecular weight excluding hydrogens is 268 g/mol. The minimum Gasteiger partial charge on any atom is -0.495 e. The lowest BCUT2D eigenvalue weighted by Crippen LogP contribution is -2.29. The van der Waals surface area contributed by atoms with Gasteiger partial charge in [0.2, 0.25) is 0 Å². The second kappa shape index (κ2) is 6.99. The third kappa shape index (κ3) is 3.88. The molecule has 21 heavy (non-hydrogen) atoms. The number of aliphatic hydroxyl groups is 1. The van der Waals surface area contributed by atoms with Crippen molar-refractivity contribution in [2.45, 2.75) is 19.9 Å². The fraction of sp³-hybridized carbons (Fsp3) is 0.400. The van der Waals surface area contributed by atoms with Crippen LogP contribution in [0.25, 0.3) is 11.3 Å². The fourth-order valence-electron chi connectivity index (χ4n) is 1.86. The molecule has 1 unspecified atom stereocenters. The number of aromatic nitrogens is 3. The highest BCUT2D eigenvalue weighted by Gasteiger charge is 2.13. The molecule has 0 bridgehead atoms. The van der Waals surface area contributed by atoms with Gasteiger partial charge in [-0.05, 0) is 12.0 Å². The molecule has 2 aromatic rings. The molecule has 0 spiro atoms. The summed E-state index contributed by atoms with van der Waals surface area (Å²) in [6.07, 6.45) is 6.66. The minimum absolute atomic E-state index is 0.0459. The lowest BCUT2D eigenvalue weighted by atomic mass is 10.1. The average Bonchev–Trinajstić information content (AvgIpc) is 2.52. The van der Waals surface area contributed by atoms with Gasteiger partial charge in [-0.25, -0.2) is 4.98 Å². The van der Waals surface area contributed by atoms with E-state index >= 15 is 0 Å². The van der Waals surface area contributed by atoms with E-state index < -0.39 is 0 Å². The molecule has 0 saturated heterocycles. The molecule has 0 fully saturated rings. The number of pyridine rings is 1. The Morgan fingerprint density at radius 1 is 1.19 bits per heavy atom. The first-order chi connectivity index (χ1) is 10.1. The molecule has 0 aromatic carbocycles. The number of nitrogens with zero attached hydrogens (tertiary/aromatic N) is 3. The summed E-state index contributed by atoms with van der Waals surface area (Å²) in [7, 11) is 1.60. The van der Waals surface area contributed by atoms with Crippen molar-refractivity contribution in [3.63, 3.8) is 0 Å². The summed E-state index contributed by atoms with van der Waals surface area (Å²) >= 11 is 0. The highest BCUT2D eigenvalue weighted by atomic mass is 16.5. The maximum Gasteiger partial charge on any atom is 0.145 e. The van der Waals surface area contributed by atoms with Crippen LogP contribution in [0.4, 0.5) is 5.82 Å². The van der Waals surface area contributed by atoms with E-state index in [0.717, 1.165) is 5.56 Å². The molecule has 6 nitrogen and oxygen atoms in total. The lowest BCUT2D eigenvalue weighted by Gasteiger charge is -2.20. The number of ether oxygens (including phenoxy) is 1. The normalized spacial score (nSPS) is 12.2. The van der Waals surface area contributed by atoms with Crippen molar-refractivity contribution in [2.24, 2.45) is 5.92 Å². The molecule has 0 amide bonds. The molecule has 1 atom stereocenters. The third-order valence-corrected chi connectivity index (χ3v) is 3.21. The van der Waals surface area contributed by atoms with Gasteiger partial charge in [-0.2, -0.15) is 0 Å². The Balaban J connectivity index is 2.24. The van der Waals surface area contributed by atoms with Crippen LogP contribution in [0.3, 0.4) is 0 Å². The van der Waals surface area contributed by atoms with Crippen LogP contribution >= 0.6 is 0 Å². The Hall–Kier alpha value is -2.21. The minimum atomic E-state index is -0.0574. The van der Waals surface area contributed by atoms with Gasteiger partial charge in [0.25, 0.3) is 0 Å². The summed E-state index contributed by atoms with van der Waals surface area (Å²) in [6, 6.07) is 1.80. The summed E-state index contributed by atoms with van der Waals surface area (Å²) in [5.41, 5.74) is 1.53. The quantitative estimate of drug-likeness (QED) is 0.846. The van der Waals surface area contributed by atoms with Crippen LogP contribution in [0.1, 0.15) is 13.8 Å². The van der Waals surface area contributed by atoms with Crippen molar-refractivity contribution in [3.8, 4) is 17.0 Å². The monoisotopic (exact) mass is 288 g/mol. The molecule has 2 aromatic heterocycles. The van der Waals surface area contributed by atoms with E-state index in [1.54, 1.807) is 31.9 Å². The van der Waals surface area contributed by atoms with E-state index in [4.69, 9.17) is 4.74 Å². The molecule has 0 aliphatic heterocycles. The molecule has 112 valence electrons. The zero-order chi connectivity index (χ0) is 15.2. The van der Waals surface area contributed by atoms with Crippen molar-refractivity contribution in [1.29, 1.82) is 0 Å². The van der Waals surface area contributed by atoms with Gasteiger partial charge in [0.15, 0.2) is 0 Å². The highest BCUT2D eigenvalue weighted by Crippen LogP contribution is 2.21. The van der Waals surface area contributed by atoms with E-state index in [9.17, 15) is 5.11 Å². The molecule has 0 aliphatic rings. The molecule has 2 N–H and O–H groups in total. The van der Waals surface area contributed by atoms with E-state index in [2.05, 4.69) is 20.3 Å². The zero-order valence-electron chi connectivity index (χ0n) is 12.4. The van der Waals surface area contributed by atoms with Crippen LogP contribution < -0.4 is 10.1 Å². The molecular formula is C15H20N4O2. The van der Waals surface area contributed by atoms with Crippen molar-refractivity contribution >= 4 is 5.82 Å². The standard InChI is InChI=1S/C15H20N4O2/c1-10(2)14(9-20)19-15-8-17-7-13(18-15)11-4-12(21-3)6-16-5-11/h4-8,10,14,20H,9H2,1-3H3,(H,18,19). The number of aliphatic hydroxyl groups excluding tert-OH is 1. The molecule has 2 heterocycles. The Bertz CT molecular complexity index is 589. The van der Waals surface area contributed by atoms with Gasteiger partial charge in [-0.1, -0.05) is 13.8 Å². The van der Waals surface area contributed by atoms with Gasteiger partial charge in [0, 0.05) is 11.8 Å². The van der Waals surface area contributed by atoms with E-state index in [0.29, 0.717) is 23.2 Å². The third-order valence-electron chi connectivity index (χ3n) is 3.21. The fourth-order valence-corrected chi connectivity index (χ4v) is 1.86. The zero-order valence-corrected chi connectivity index (χ0v) is 12.4. The first-order valence-electron chi connectivity index (χ1n) is 6.83. The predicted molar refractivity (Wildman–Crippen MR) is 81.1 cm³/mol. The summed E-state index contributed by atoms with van der Waals surface area (Å²) in [5.74, 6) is 1.59. The van der Waals surface area contributed by atoms with Crippen LogP contribution in [-0.2, 0) is 0 Å². The smallest absolute Gasteiger partial charge is 0.145 e. The second-order valence-electron chi connectivity index (χ2n) is 5.08. The predicted octanol–water partition coefficient (Wildman–Crippen LogP) is 1.98. The van der Waals surface area contributed by atoms with Crippen LogP contribution in [0.15, 0.2) is 30.9 Å². The number of methoxy groups -OCH3 is 1. The lowest BCUT2D eigenvalue weighted by molar-refractivity contribution is 0.249. The van der Waals surface area contributed by atoms with Gasteiger partial charge < -0.3 is 15.2 Å². The summed E-state index contributed by atoms with van der Waals surface area (Å²) < 4.78 is 5.16. The van der Waals surface area contributed by atoms with Gasteiger partial charge >= 0.3 is 0 Å². The second-order valence-corrected chi connectivity index (χ2v) is 5.08. The first kappa shape index (κ1) is 15.2. The van der Waals surface area contributed by atoms with Crippen molar-refractivity contribution in [2.75, 3.05) is 19.0 Å². The van der Waals surface area contributed by atoms with E-state index in [1.165, 1.54) is 0 Å². The van der Waals surface area contributed by atoms with Gasteiger partial charge in [-0.3, -0.25) is 9.97 Å². The summed E-state index contributed by atoms with van der Waals surface area (Å²) in [5, 5.41) is 12.6. The number of rotatable bonds is 6. The Kier molecular flexibility index (Phi) is 5.05. The van der Waals surface area contributed by atoms with Crippen LogP contribution in [0.2, 0.25) is 0 Å². The van der Waals surface area contributed by atoms with Gasteiger partial charge in [0.1, 0.15) is 11.6 Å². The first-order valence-corrected chi connectivity index (χ1v) is 6.83. The maximum absolute atomic E-state index is 9.38. The van der Waals surface area contributed by atoms with Gasteiger partial charge in [0.05, 0.1) is 44.0 Å². The number of nitrogens with one attached hydrogen (secondary N) is 1. The van der Waals surface area contributed by atoms with E-state index in [-0.39, 0.29) is 12.6 Å². The average molecular weight is 288 g/mol. The van der Waals surface area contributed by atoms with Crippen LogP contribution in [0, 0.1) is 5.92 Å². The summed E-state index contributed by atoms with van der Waals surface area (Å²) in [6.45, 7) is 4.12. The van der Waals surface area contributed by atoms with Gasteiger partial charge in [-0.15, -0.1) is 0 Å². The number of hydrogen-bond donors (Lipinski definition) is 2. The SMILES string of the molecule is COc1cncc(-c2cncc(NC(CO)C(C)C)n2)c1. The number of hydrogen-bond acceptors (Lipinski definition) is 6. The molecule has 2 rings (SSSR count). The summed E-state index contributed by atoms with van der Waals surface area (Å²) in [4.78, 5) is 12.8. The molecule has 0 saturated carbocycles. The molecule has 0 radical (unpaired) electrons. The Labute approximate surface area is 124 Å². The molecule has 6 heteroatoms. The number of anilines is 1. The van der Waals surface area contributed by atoms with Crippen LogP contribution in [-0.4, -0.2) is 39.8 Å². The largest absolute Gasteiger partial charge is 0.495 e. The van der Waals surface area contributed by atoms with Crippen molar-refractivity contribution in [1.82, 2.24) is 15.0 Å². The maximum atomic E-state index is 9.38. The van der Waals surface area contributed by atoms with E-state index in [1.807, 2.05) is 19.9 Å². The van der Waals surface area contributed by atoms with Crippen LogP contribution in [0.5, 0.6) is 5.75 Å². The highest BCUT2D eigenvalue weighted by molar-refractivity contribution is 5.60. The van der Waals surface area contributed by atoms with Crippen molar-refractivity contribution in [3.05, 3.63) is 30.9 Å². The van der Waals surface area contributed by atoms with Crippen molar-refractivity contribution < 1.29 is 9.84 Å². The Morgan fingerprint density at radius 2 is 1.95 bits per heavy atom. The molecule has 0 aliphatic carbocycles. The topological polar surface area (TPSA) is 80.2 Å². The Morgan fingerprint density at radius 3 is 2.62 bits per heavy atom.